The lowest BCUT2D eigenvalue weighted by atomic mass is 10.0. The molecule has 3 heterocycles. The van der Waals surface area contributed by atoms with E-state index in [0.717, 1.165) is 18.8 Å². The summed E-state index contributed by atoms with van der Waals surface area (Å²) in [4.78, 5) is 19.5. The van der Waals surface area contributed by atoms with Crippen molar-refractivity contribution in [2.24, 2.45) is 0 Å². The number of aromatic nitrogens is 1. The Bertz CT molecular complexity index is 682. The third kappa shape index (κ3) is 3.98. The first kappa shape index (κ1) is 16.1. The first-order valence-electron chi connectivity index (χ1n) is 8.10. The van der Waals surface area contributed by atoms with Crippen molar-refractivity contribution in [2.45, 2.75) is 45.8 Å². The predicted octanol–water partition coefficient (Wildman–Crippen LogP) is 3.42. The lowest BCUT2D eigenvalue weighted by Crippen LogP contribution is -2.23. The van der Waals surface area contributed by atoms with Crippen LogP contribution in [0.4, 0.5) is 0 Å². The maximum Gasteiger partial charge on any atom is 0.217 e. The zero-order chi connectivity index (χ0) is 16.2. The fraction of sp³-hybridized carbons (Fsp3) is 0.444. The molecule has 1 aliphatic rings. The minimum Gasteiger partial charge on any atom is -0.351 e. The zero-order valence-electron chi connectivity index (χ0n) is 13.7. The van der Waals surface area contributed by atoms with E-state index in [0.29, 0.717) is 12.6 Å². The number of likely N-dealkylation sites (tertiary alicyclic amines) is 1. The lowest BCUT2D eigenvalue weighted by molar-refractivity contribution is -0.119. The molecule has 1 N–H and O–H groups in total. The molecule has 1 amide bonds. The van der Waals surface area contributed by atoms with Gasteiger partial charge in [0, 0.05) is 30.6 Å². The Kier molecular flexibility index (Phi) is 5.08. The summed E-state index contributed by atoms with van der Waals surface area (Å²) in [5.74, 6) is -0.0205. The molecule has 0 aliphatic carbocycles. The second kappa shape index (κ2) is 7.23. The average molecular weight is 329 g/mol. The molecule has 0 saturated carbocycles. The van der Waals surface area contributed by atoms with Crippen LogP contribution in [-0.4, -0.2) is 22.3 Å². The number of hydrogen-bond acceptors (Lipinski definition) is 4. The Hall–Kier alpha value is -1.72. The van der Waals surface area contributed by atoms with Crippen molar-refractivity contribution >= 4 is 17.2 Å². The van der Waals surface area contributed by atoms with E-state index in [1.54, 1.807) is 0 Å². The van der Waals surface area contributed by atoms with Crippen LogP contribution in [0.2, 0.25) is 0 Å². The Morgan fingerprint density at radius 2 is 2.35 bits per heavy atom. The van der Waals surface area contributed by atoms with Gasteiger partial charge in [-0.3, -0.25) is 14.7 Å². The number of amides is 1. The van der Waals surface area contributed by atoms with Crippen LogP contribution in [0.5, 0.6) is 0 Å². The molecule has 0 bridgehead atoms. The number of nitrogens with zero attached hydrogens (tertiary/aromatic N) is 2. The second-order valence-electron chi connectivity index (χ2n) is 6.15. The highest BCUT2D eigenvalue weighted by molar-refractivity contribution is 7.10. The quantitative estimate of drug-likeness (QED) is 0.914. The molecule has 2 aromatic heterocycles. The molecule has 1 atom stereocenters. The number of thiophene rings is 1. The van der Waals surface area contributed by atoms with Crippen LogP contribution in [0.25, 0.3) is 0 Å². The molecule has 4 nitrogen and oxygen atoms in total. The molecule has 1 fully saturated rings. The zero-order valence-corrected chi connectivity index (χ0v) is 14.5. The largest absolute Gasteiger partial charge is 0.351 e. The molecule has 1 aliphatic heterocycles. The van der Waals surface area contributed by atoms with E-state index in [1.807, 2.05) is 17.5 Å². The monoisotopic (exact) mass is 329 g/mol. The number of aryl methyl sites for hydroxylation is 1. The Labute approximate surface area is 141 Å². The Morgan fingerprint density at radius 3 is 3.09 bits per heavy atom. The molecule has 5 heteroatoms. The van der Waals surface area contributed by atoms with Crippen molar-refractivity contribution in [3.05, 3.63) is 51.5 Å². The standard InChI is InChI=1S/C18H23N3OS/c1-13-6-9-23-18(13)12-21-8-3-4-17(21)15-5-7-19-16(10-15)11-20-14(2)22/h5-7,9-10,17H,3-4,8,11-12H2,1-2H3,(H,20,22)/t17-/m0/s1. The van der Waals surface area contributed by atoms with E-state index in [4.69, 9.17) is 0 Å². The number of carbonyl (C=O) groups is 1. The Balaban J connectivity index is 1.73. The molecule has 1 saturated heterocycles. The summed E-state index contributed by atoms with van der Waals surface area (Å²) in [5.41, 5.74) is 3.63. The molecule has 3 rings (SSSR count). The number of carbonyl (C=O) groups excluding carboxylic acids is 1. The summed E-state index contributed by atoms with van der Waals surface area (Å²) in [5, 5.41) is 5.00. The molecule has 0 aromatic carbocycles. The van der Waals surface area contributed by atoms with Crippen molar-refractivity contribution in [2.75, 3.05) is 6.54 Å². The predicted molar refractivity (Wildman–Crippen MR) is 93.2 cm³/mol. The number of rotatable bonds is 5. The van der Waals surface area contributed by atoms with Crippen LogP contribution in [0.15, 0.2) is 29.8 Å². The number of pyridine rings is 1. The third-order valence-corrected chi connectivity index (χ3v) is 5.43. The van der Waals surface area contributed by atoms with Crippen LogP contribution in [0.1, 0.15) is 47.5 Å². The molecular weight excluding hydrogens is 306 g/mol. The van der Waals surface area contributed by atoms with Gasteiger partial charge in [0.15, 0.2) is 0 Å². The SMILES string of the molecule is CC(=O)NCc1cc([C@@H]2CCCN2Cc2sccc2C)ccn1. The summed E-state index contributed by atoms with van der Waals surface area (Å²) in [6.45, 7) is 6.39. The molecule has 0 spiro atoms. The highest BCUT2D eigenvalue weighted by Crippen LogP contribution is 2.34. The van der Waals surface area contributed by atoms with Crippen LogP contribution < -0.4 is 5.32 Å². The van der Waals surface area contributed by atoms with Gasteiger partial charge in [-0.15, -0.1) is 11.3 Å². The van der Waals surface area contributed by atoms with Gasteiger partial charge >= 0.3 is 0 Å². The second-order valence-corrected chi connectivity index (χ2v) is 7.15. The van der Waals surface area contributed by atoms with Gasteiger partial charge in [0.2, 0.25) is 5.91 Å². The van der Waals surface area contributed by atoms with Gasteiger partial charge in [0.1, 0.15) is 0 Å². The van der Waals surface area contributed by atoms with Gasteiger partial charge in [0.25, 0.3) is 0 Å². The van der Waals surface area contributed by atoms with Crippen LogP contribution in [-0.2, 0) is 17.9 Å². The van der Waals surface area contributed by atoms with Crippen molar-refractivity contribution in [3.63, 3.8) is 0 Å². The van der Waals surface area contributed by atoms with E-state index < -0.39 is 0 Å². The first-order chi connectivity index (χ1) is 11.1. The van der Waals surface area contributed by atoms with E-state index in [-0.39, 0.29) is 5.91 Å². The van der Waals surface area contributed by atoms with Gasteiger partial charge in [0.05, 0.1) is 12.2 Å². The molecule has 0 radical (unpaired) electrons. The van der Waals surface area contributed by atoms with Gasteiger partial charge in [-0.1, -0.05) is 0 Å². The van der Waals surface area contributed by atoms with Crippen molar-refractivity contribution < 1.29 is 4.79 Å². The topological polar surface area (TPSA) is 45.2 Å². The van der Waals surface area contributed by atoms with Crippen LogP contribution in [0, 0.1) is 6.92 Å². The van der Waals surface area contributed by atoms with Gasteiger partial charge in [-0.05, 0) is 61.0 Å². The maximum absolute atomic E-state index is 11.1. The smallest absolute Gasteiger partial charge is 0.217 e. The van der Waals surface area contributed by atoms with Crippen molar-refractivity contribution in [3.8, 4) is 0 Å². The minimum atomic E-state index is -0.0205. The first-order valence-corrected chi connectivity index (χ1v) is 8.98. The van der Waals surface area contributed by atoms with E-state index in [9.17, 15) is 4.79 Å². The lowest BCUT2D eigenvalue weighted by Gasteiger charge is -2.25. The highest BCUT2D eigenvalue weighted by atomic mass is 32.1. The average Bonchev–Trinajstić information content (AvgIpc) is 3.16. The fourth-order valence-electron chi connectivity index (χ4n) is 3.16. The van der Waals surface area contributed by atoms with Crippen LogP contribution >= 0.6 is 11.3 Å². The van der Waals surface area contributed by atoms with E-state index >= 15 is 0 Å². The summed E-state index contributed by atoms with van der Waals surface area (Å²) < 4.78 is 0. The van der Waals surface area contributed by atoms with E-state index in [1.165, 1.54) is 35.8 Å². The number of hydrogen-bond donors (Lipinski definition) is 1. The molecular formula is C18H23N3OS. The van der Waals surface area contributed by atoms with Crippen molar-refractivity contribution in [1.29, 1.82) is 0 Å². The molecule has 2 aromatic rings. The van der Waals surface area contributed by atoms with Gasteiger partial charge < -0.3 is 5.32 Å². The summed E-state index contributed by atoms with van der Waals surface area (Å²) >= 11 is 1.85. The molecule has 122 valence electrons. The van der Waals surface area contributed by atoms with Crippen LogP contribution in [0.3, 0.4) is 0 Å². The van der Waals surface area contributed by atoms with Crippen molar-refractivity contribution in [1.82, 2.24) is 15.2 Å². The third-order valence-electron chi connectivity index (χ3n) is 4.42. The highest BCUT2D eigenvalue weighted by Gasteiger charge is 2.26. The molecule has 23 heavy (non-hydrogen) atoms. The Morgan fingerprint density at radius 1 is 1.48 bits per heavy atom. The summed E-state index contributed by atoms with van der Waals surface area (Å²) in [7, 11) is 0. The minimum absolute atomic E-state index is 0.0205. The molecule has 0 unspecified atom stereocenters. The van der Waals surface area contributed by atoms with Gasteiger partial charge in [-0.25, -0.2) is 0 Å². The maximum atomic E-state index is 11.1. The summed E-state index contributed by atoms with van der Waals surface area (Å²) in [6, 6.07) is 6.90. The van der Waals surface area contributed by atoms with E-state index in [2.05, 4.69) is 45.7 Å². The normalized spacial score (nSPS) is 18.3. The fourth-order valence-corrected chi connectivity index (χ4v) is 4.09. The summed E-state index contributed by atoms with van der Waals surface area (Å²) in [6.07, 6.45) is 4.28. The number of nitrogens with one attached hydrogen (secondary N) is 1. The van der Waals surface area contributed by atoms with Gasteiger partial charge in [-0.2, -0.15) is 0 Å².